The molecule has 32 heavy (non-hydrogen) atoms. The van der Waals surface area contributed by atoms with Crippen molar-refractivity contribution in [3.8, 4) is 11.5 Å². The van der Waals surface area contributed by atoms with Gasteiger partial charge < -0.3 is 14.0 Å². The fourth-order valence-electron chi connectivity index (χ4n) is 4.08. The zero-order chi connectivity index (χ0) is 22.7. The Morgan fingerprint density at radius 2 is 1.66 bits per heavy atom. The van der Waals surface area contributed by atoms with Gasteiger partial charge in [0.1, 0.15) is 18.1 Å². The third-order valence-electron chi connectivity index (χ3n) is 5.71. The molecule has 0 aliphatic carbocycles. The lowest BCUT2D eigenvalue weighted by molar-refractivity contribution is 0.207. The van der Waals surface area contributed by atoms with E-state index in [-0.39, 0.29) is 6.10 Å². The van der Waals surface area contributed by atoms with E-state index in [0.29, 0.717) is 19.1 Å². The highest BCUT2D eigenvalue weighted by Crippen LogP contribution is 2.29. The van der Waals surface area contributed by atoms with E-state index < -0.39 is 0 Å². The lowest BCUT2D eigenvalue weighted by Crippen LogP contribution is -2.16. The van der Waals surface area contributed by atoms with Gasteiger partial charge in [0.05, 0.1) is 17.6 Å². The highest BCUT2D eigenvalue weighted by Gasteiger charge is 2.18. The van der Waals surface area contributed by atoms with Crippen molar-refractivity contribution in [2.45, 2.75) is 53.2 Å². The van der Waals surface area contributed by atoms with Crippen molar-refractivity contribution in [2.75, 3.05) is 6.61 Å². The number of aromatic nitrogens is 2. The van der Waals surface area contributed by atoms with Gasteiger partial charge in [-0.3, -0.25) is 0 Å². The number of benzene rings is 3. The third-order valence-corrected chi connectivity index (χ3v) is 5.71. The second-order valence-corrected chi connectivity index (χ2v) is 8.73. The summed E-state index contributed by atoms with van der Waals surface area (Å²) in [5.41, 5.74) is 5.69. The van der Waals surface area contributed by atoms with Crippen molar-refractivity contribution in [2.24, 2.45) is 0 Å². The van der Waals surface area contributed by atoms with E-state index in [1.807, 2.05) is 24.3 Å². The second-order valence-electron chi connectivity index (χ2n) is 8.73. The van der Waals surface area contributed by atoms with Gasteiger partial charge in [-0.2, -0.15) is 0 Å². The van der Waals surface area contributed by atoms with Gasteiger partial charge in [-0.05, 0) is 73.7 Å². The third kappa shape index (κ3) is 4.80. The molecular formula is C28H32N2O2. The normalized spacial score (nSPS) is 12.3. The molecule has 4 nitrogen and oxygen atoms in total. The molecule has 0 bridgehead atoms. The van der Waals surface area contributed by atoms with Crippen LogP contribution in [0.1, 0.15) is 55.3 Å². The summed E-state index contributed by atoms with van der Waals surface area (Å²) in [4.78, 5) is 4.90. The molecule has 4 aromatic rings. The van der Waals surface area contributed by atoms with Crippen molar-refractivity contribution in [3.05, 3.63) is 89.2 Å². The van der Waals surface area contributed by atoms with Crippen LogP contribution in [0.25, 0.3) is 11.0 Å². The zero-order valence-electron chi connectivity index (χ0n) is 19.6. The van der Waals surface area contributed by atoms with Crippen LogP contribution in [0.5, 0.6) is 11.5 Å². The van der Waals surface area contributed by atoms with Gasteiger partial charge in [0.15, 0.2) is 11.9 Å². The molecule has 0 amide bonds. The summed E-state index contributed by atoms with van der Waals surface area (Å²) in [6, 6.07) is 22.8. The molecule has 0 saturated carbocycles. The quantitative estimate of drug-likeness (QED) is 0.303. The summed E-state index contributed by atoms with van der Waals surface area (Å²) in [7, 11) is 0. The molecule has 1 heterocycles. The standard InChI is InChI=1S/C28H32N2O2/c1-19(2)24-14-13-21(4)18-27(24)31-16-15-30-26-12-7-6-11-25(26)29-28(30)22(5)32-23-10-8-9-20(3)17-23/h6-14,17-19,22H,15-16H2,1-5H3. The number of imidazole rings is 1. The van der Waals surface area contributed by atoms with Crippen LogP contribution in [0.15, 0.2) is 66.7 Å². The largest absolute Gasteiger partial charge is 0.491 e. The van der Waals surface area contributed by atoms with E-state index >= 15 is 0 Å². The molecule has 0 N–H and O–H groups in total. The number of nitrogens with zero attached hydrogens (tertiary/aromatic N) is 2. The van der Waals surface area contributed by atoms with Crippen LogP contribution < -0.4 is 9.47 Å². The number of ether oxygens (including phenoxy) is 2. The molecule has 1 aromatic heterocycles. The SMILES string of the molecule is Cc1cccc(OC(C)c2nc3ccccc3n2CCOc2cc(C)ccc2C(C)C)c1. The van der Waals surface area contributed by atoms with Gasteiger partial charge in [0, 0.05) is 0 Å². The van der Waals surface area contributed by atoms with Gasteiger partial charge >= 0.3 is 0 Å². The lowest BCUT2D eigenvalue weighted by atomic mass is 10.0. The van der Waals surface area contributed by atoms with Crippen LogP contribution in [0.3, 0.4) is 0 Å². The Labute approximate surface area is 190 Å². The molecule has 0 radical (unpaired) electrons. The van der Waals surface area contributed by atoms with Crippen LogP contribution >= 0.6 is 0 Å². The maximum absolute atomic E-state index is 6.28. The first kappa shape index (κ1) is 21.9. The molecule has 4 heteroatoms. The molecule has 0 fully saturated rings. The molecule has 0 aliphatic heterocycles. The topological polar surface area (TPSA) is 36.3 Å². The van der Waals surface area contributed by atoms with Crippen molar-refractivity contribution < 1.29 is 9.47 Å². The molecule has 3 aromatic carbocycles. The highest BCUT2D eigenvalue weighted by molar-refractivity contribution is 5.76. The summed E-state index contributed by atoms with van der Waals surface area (Å²) >= 11 is 0. The minimum atomic E-state index is -0.186. The van der Waals surface area contributed by atoms with E-state index in [1.54, 1.807) is 0 Å². The van der Waals surface area contributed by atoms with Gasteiger partial charge in [-0.15, -0.1) is 0 Å². The monoisotopic (exact) mass is 428 g/mol. The minimum absolute atomic E-state index is 0.186. The minimum Gasteiger partial charge on any atom is -0.491 e. The Morgan fingerprint density at radius 3 is 2.44 bits per heavy atom. The number of rotatable bonds is 8. The lowest BCUT2D eigenvalue weighted by Gasteiger charge is -2.18. The molecule has 1 atom stereocenters. The number of aryl methyl sites for hydroxylation is 2. The van der Waals surface area contributed by atoms with Crippen molar-refractivity contribution in [1.29, 1.82) is 0 Å². The Balaban J connectivity index is 1.58. The van der Waals surface area contributed by atoms with E-state index in [2.05, 4.69) is 81.7 Å². The number of fused-ring (bicyclic) bond motifs is 1. The van der Waals surface area contributed by atoms with Crippen LogP contribution in [-0.4, -0.2) is 16.2 Å². The summed E-state index contributed by atoms with van der Waals surface area (Å²) in [5.74, 6) is 3.14. The first-order chi connectivity index (χ1) is 15.4. The van der Waals surface area contributed by atoms with Gasteiger partial charge in [-0.25, -0.2) is 4.98 Å². The molecule has 1 unspecified atom stereocenters. The number of hydrogen-bond acceptors (Lipinski definition) is 3. The summed E-state index contributed by atoms with van der Waals surface area (Å²) in [5, 5.41) is 0. The molecular weight excluding hydrogens is 396 g/mol. The average molecular weight is 429 g/mol. The molecule has 0 aliphatic rings. The molecule has 0 spiro atoms. The van der Waals surface area contributed by atoms with Crippen LogP contribution in [0.2, 0.25) is 0 Å². The van der Waals surface area contributed by atoms with Crippen LogP contribution in [0, 0.1) is 13.8 Å². The van der Waals surface area contributed by atoms with Gasteiger partial charge in [0.2, 0.25) is 0 Å². The second kappa shape index (κ2) is 9.47. The van der Waals surface area contributed by atoms with Crippen molar-refractivity contribution in [3.63, 3.8) is 0 Å². The van der Waals surface area contributed by atoms with Crippen molar-refractivity contribution in [1.82, 2.24) is 9.55 Å². The first-order valence-electron chi connectivity index (χ1n) is 11.3. The van der Waals surface area contributed by atoms with Gasteiger partial charge in [-0.1, -0.05) is 50.2 Å². The van der Waals surface area contributed by atoms with E-state index in [4.69, 9.17) is 14.5 Å². The fourth-order valence-corrected chi connectivity index (χ4v) is 4.08. The maximum atomic E-state index is 6.28. The Hall–Kier alpha value is -3.27. The predicted molar refractivity (Wildman–Crippen MR) is 131 cm³/mol. The molecule has 4 rings (SSSR count). The molecule has 0 saturated heterocycles. The zero-order valence-corrected chi connectivity index (χ0v) is 19.6. The van der Waals surface area contributed by atoms with E-state index in [1.165, 1.54) is 16.7 Å². The first-order valence-corrected chi connectivity index (χ1v) is 11.3. The van der Waals surface area contributed by atoms with Gasteiger partial charge in [0.25, 0.3) is 0 Å². The number of hydrogen-bond donors (Lipinski definition) is 0. The summed E-state index contributed by atoms with van der Waals surface area (Å²) in [6.45, 7) is 11.9. The summed E-state index contributed by atoms with van der Waals surface area (Å²) in [6.07, 6.45) is -0.186. The summed E-state index contributed by atoms with van der Waals surface area (Å²) < 4.78 is 14.8. The van der Waals surface area contributed by atoms with Crippen LogP contribution in [-0.2, 0) is 6.54 Å². The van der Waals surface area contributed by atoms with Crippen molar-refractivity contribution >= 4 is 11.0 Å². The smallest absolute Gasteiger partial charge is 0.153 e. The van der Waals surface area contributed by atoms with E-state index in [0.717, 1.165) is 28.4 Å². The van der Waals surface area contributed by atoms with Crippen LogP contribution in [0.4, 0.5) is 0 Å². The molecule has 166 valence electrons. The maximum Gasteiger partial charge on any atom is 0.153 e. The Kier molecular flexibility index (Phi) is 6.50. The van der Waals surface area contributed by atoms with E-state index in [9.17, 15) is 0 Å². The Bertz CT molecular complexity index is 1210. The Morgan fingerprint density at radius 1 is 0.875 bits per heavy atom. The number of para-hydroxylation sites is 2. The predicted octanol–water partition coefficient (Wildman–Crippen LogP) is 7.00. The fraction of sp³-hybridized carbons (Fsp3) is 0.321. The average Bonchev–Trinajstić information content (AvgIpc) is 3.12. The highest BCUT2D eigenvalue weighted by atomic mass is 16.5.